The van der Waals surface area contributed by atoms with Gasteiger partial charge in [-0.25, -0.2) is 0 Å². The molecule has 2 rings (SSSR count). The quantitative estimate of drug-likeness (QED) is 0.833. The lowest BCUT2D eigenvalue weighted by Crippen LogP contribution is -2.31. The van der Waals surface area contributed by atoms with Gasteiger partial charge in [-0.1, -0.05) is 32.1 Å². The Morgan fingerprint density at radius 1 is 1.19 bits per heavy atom. The molecule has 2 nitrogen and oxygen atoms in total. The molecule has 1 aliphatic rings. The van der Waals surface area contributed by atoms with E-state index in [0.29, 0.717) is 12.1 Å². The van der Waals surface area contributed by atoms with E-state index in [1.54, 1.807) is 6.26 Å². The number of furan rings is 1. The van der Waals surface area contributed by atoms with Crippen molar-refractivity contribution in [1.82, 2.24) is 5.32 Å². The summed E-state index contributed by atoms with van der Waals surface area (Å²) in [6.07, 6.45) is 11.4. The van der Waals surface area contributed by atoms with Crippen molar-refractivity contribution in [2.24, 2.45) is 0 Å². The van der Waals surface area contributed by atoms with Crippen LogP contribution in [0.4, 0.5) is 0 Å². The van der Waals surface area contributed by atoms with Crippen LogP contribution in [0.5, 0.6) is 0 Å². The van der Waals surface area contributed by atoms with Crippen molar-refractivity contribution in [1.29, 1.82) is 0 Å². The molecule has 0 radical (unpaired) electrons. The van der Waals surface area contributed by atoms with Crippen molar-refractivity contribution in [3.05, 3.63) is 24.2 Å². The molecule has 1 fully saturated rings. The second kappa shape index (κ2) is 6.09. The van der Waals surface area contributed by atoms with E-state index in [9.17, 15) is 0 Å². The Kier molecular flexibility index (Phi) is 4.46. The summed E-state index contributed by atoms with van der Waals surface area (Å²) >= 11 is 0. The highest BCUT2D eigenvalue weighted by Gasteiger charge is 2.15. The number of rotatable bonds is 3. The van der Waals surface area contributed by atoms with E-state index in [1.165, 1.54) is 44.9 Å². The summed E-state index contributed by atoms with van der Waals surface area (Å²) in [4.78, 5) is 0. The first kappa shape index (κ1) is 11.7. The van der Waals surface area contributed by atoms with Gasteiger partial charge in [0.2, 0.25) is 0 Å². The average Bonchev–Trinajstić information content (AvgIpc) is 2.74. The minimum atomic E-state index is 0.347. The van der Waals surface area contributed by atoms with E-state index in [1.807, 2.05) is 6.07 Å². The first-order chi connectivity index (χ1) is 7.86. The summed E-state index contributed by atoms with van der Waals surface area (Å²) in [6.45, 7) is 2.19. The predicted molar refractivity (Wildman–Crippen MR) is 66.4 cm³/mol. The molecule has 0 bridgehead atoms. The van der Waals surface area contributed by atoms with Crippen molar-refractivity contribution in [2.75, 3.05) is 0 Å². The molecule has 2 heteroatoms. The summed E-state index contributed by atoms with van der Waals surface area (Å²) in [5.41, 5.74) is 0. The highest BCUT2D eigenvalue weighted by atomic mass is 16.3. The van der Waals surface area contributed by atoms with Gasteiger partial charge in [-0.3, -0.25) is 0 Å². The molecule has 1 saturated carbocycles. The van der Waals surface area contributed by atoms with Crippen molar-refractivity contribution >= 4 is 0 Å². The maximum absolute atomic E-state index is 5.43. The number of hydrogen-bond acceptors (Lipinski definition) is 2. The zero-order valence-corrected chi connectivity index (χ0v) is 10.2. The lowest BCUT2D eigenvalue weighted by molar-refractivity contribution is 0.336. The van der Waals surface area contributed by atoms with Crippen LogP contribution < -0.4 is 5.32 Å². The predicted octanol–water partition coefficient (Wildman–Crippen LogP) is 4.04. The van der Waals surface area contributed by atoms with Crippen LogP contribution in [0, 0.1) is 0 Å². The topological polar surface area (TPSA) is 25.2 Å². The zero-order chi connectivity index (χ0) is 11.2. The van der Waals surface area contributed by atoms with Gasteiger partial charge in [0, 0.05) is 6.04 Å². The Hall–Kier alpha value is -0.760. The highest BCUT2D eigenvalue weighted by molar-refractivity contribution is 5.03. The lowest BCUT2D eigenvalue weighted by atomic mass is 9.96. The fourth-order valence-electron chi connectivity index (χ4n) is 2.60. The van der Waals surface area contributed by atoms with Crippen LogP contribution in [-0.2, 0) is 0 Å². The molecule has 0 aromatic carbocycles. The first-order valence-electron chi connectivity index (χ1n) is 6.66. The van der Waals surface area contributed by atoms with Crippen molar-refractivity contribution < 1.29 is 4.42 Å². The van der Waals surface area contributed by atoms with E-state index in [0.717, 1.165) is 5.76 Å². The number of hydrogen-bond donors (Lipinski definition) is 1. The molecule has 1 aromatic rings. The smallest absolute Gasteiger partial charge is 0.120 e. The molecule has 1 heterocycles. The fraction of sp³-hybridized carbons (Fsp3) is 0.714. The van der Waals surface area contributed by atoms with Gasteiger partial charge in [0.05, 0.1) is 12.3 Å². The molecule has 16 heavy (non-hydrogen) atoms. The summed E-state index contributed by atoms with van der Waals surface area (Å²) in [5.74, 6) is 1.06. The third-order valence-corrected chi connectivity index (χ3v) is 3.56. The molecule has 1 atom stereocenters. The average molecular weight is 221 g/mol. The minimum Gasteiger partial charge on any atom is -0.468 e. The zero-order valence-electron chi connectivity index (χ0n) is 10.2. The van der Waals surface area contributed by atoms with Crippen LogP contribution in [0.3, 0.4) is 0 Å². The molecule has 0 unspecified atom stereocenters. The molecule has 0 amide bonds. The molecule has 1 aliphatic carbocycles. The fourth-order valence-corrected chi connectivity index (χ4v) is 2.60. The Labute approximate surface area is 98.4 Å². The van der Waals surface area contributed by atoms with Gasteiger partial charge < -0.3 is 9.73 Å². The van der Waals surface area contributed by atoms with Crippen LogP contribution in [-0.4, -0.2) is 6.04 Å². The maximum atomic E-state index is 5.43. The summed E-state index contributed by atoms with van der Waals surface area (Å²) in [7, 11) is 0. The molecule has 1 N–H and O–H groups in total. The van der Waals surface area contributed by atoms with E-state index in [2.05, 4.69) is 18.3 Å². The largest absolute Gasteiger partial charge is 0.468 e. The normalized spacial score (nSPS) is 21.3. The van der Waals surface area contributed by atoms with Gasteiger partial charge in [0.25, 0.3) is 0 Å². The molecule has 0 spiro atoms. The third kappa shape index (κ3) is 3.38. The molecule has 0 aliphatic heterocycles. The molecular formula is C14H23NO. The first-order valence-corrected chi connectivity index (χ1v) is 6.66. The van der Waals surface area contributed by atoms with E-state index >= 15 is 0 Å². The Balaban J connectivity index is 1.82. The Morgan fingerprint density at radius 3 is 2.50 bits per heavy atom. The third-order valence-electron chi connectivity index (χ3n) is 3.56. The van der Waals surface area contributed by atoms with Crippen LogP contribution in [0.1, 0.15) is 63.7 Å². The number of nitrogens with one attached hydrogen (secondary N) is 1. The summed E-state index contributed by atoms with van der Waals surface area (Å²) < 4.78 is 5.43. The second-order valence-electron chi connectivity index (χ2n) is 4.95. The van der Waals surface area contributed by atoms with Crippen LogP contribution in [0.15, 0.2) is 22.8 Å². The summed E-state index contributed by atoms with van der Waals surface area (Å²) in [6, 6.07) is 5.05. The molecule has 90 valence electrons. The van der Waals surface area contributed by atoms with Crippen molar-refractivity contribution in [3.8, 4) is 0 Å². The monoisotopic (exact) mass is 221 g/mol. The van der Waals surface area contributed by atoms with Crippen LogP contribution in [0.2, 0.25) is 0 Å². The van der Waals surface area contributed by atoms with Crippen molar-refractivity contribution in [2.45, 2.75) is 64.0 Å². The molecular weight excluding hydrogens is 198 g/mol. The lowest BCUT2D eigenvalue weighted by Gasteiger charge is -2.24. The second-order valence-corrected chi connectivity index (χ2v) is 4.95. The van der Waals surface area contributed by atoms with Crippen LogP contribution in [0.25, 0.3) is 0 Å². The Bertz CT molecular complexity index is 273. The van der Waals surface area contributed by atoms with Gasteiger partial charge in [-0.2, -0.15) is 0 Å². The van der Waals surface area contributed by atoms with Gasteiger partial charge >= 0.3 is 0 Å². The van der Waals surface area contributed by atoms with E-state index in [4.69, 9.17) is 4.42 Å². The molecule has 1 aromatic heterocycles. The standard InChI is InChI=1S/C14H23NO/c1-12(14-10-7-11-16-14)15-13-8-5-3-2-4-6-9-13/h7,10-13,15H,2-6,8-9H2,1H3/t12-/m0/s1. The van der Waals surface area contributed by atoms with Crippen molar-refractivity contribution in [3.63, 3.8) is 0 Å². The highest BCUT2D eigenvalue weighted by Crippen LogP contribution is 2.20. The van der Waals surface area contributed by atoms with Gasteiger partial charge in [-0.15, -0.1) is 0 Å². The Morgan fingerprint density at radius 2 is 1.88 bits per heavy atom. The van der Waals surface area contributed by atoms with E-state index < -0.39 is 0 Å². The SMILES string of the molecule is C[C@H](NC1CCCCCCC1)c1ccco1. The molecule has 0 saturated heterocycles. The van der Waals surface area contributed by atoms with Gasteiger partial charge in [-0.05, 0) is 31.9 Å². The minimum absolute atomic E-state index is 0.347. The van der Waals surface area contributed by atoms with E-state index in [-0.39, 0.29) is 0 Å². The maximum Gasteiger partial charge on any atom is 0.120 e. The van der Waals surface area contributed by atoms with Gasteiger partial charge in [0.1, 0.15) is 5.76 Å². The van der Waals surface area contributed by atoms with Gasteiger partial charge in [0.15, 0.2) is 0 Å². The van der Waals surface area contributed by atoms with Crippen LogP contribution >= 0.6 is 0 Å². The summed E-state index contributed by atoms with van der Waals surface area (Å²) in [5, 5.41) is 3.70.